The molecule has 0 spiro atoms. The van der Waals surface area contributed by atoms with Gasteiger partial charge < -0.3 is 9.15 Å². The van der Waals surface area contributed by atoms with Gasteiger partial charge in [-0.1, -0.05) is 30.3 Å². The number of nitro groups is 1. The van der Waals surface area contributed by atoms with Gasteiger partial charge in [0.1, 0.15) is 11.4 Å². The first kappa shape index (κ1) is 29.8. The van der Waals surface area contributed by atoms with E-state index in [0.29, 0.717) is 22.4 Å². The van der Waals surface area contributed by atoms with E-state index < -0.39 is 33.6 Å². The van der Waals surface area contributed by atoms with Crippen molar-refractivity contribution in [2.75, 3.05) is 7.11 Å². The maximum atomic E-state index is 13.7. The van der Waals surface area contributed by atoms with Gasteiger partial charge in [0.2, 0.25) is 0 Å². The topological polar surface area (TPSA) is 127 Å². The van der Waals surface area contributed by atoms with Crippen LogP contribution in [-0.2, 0) is 25.8 Å². The molecule has 3 heterocycles. The molecule has 0 aliphatic carbocycles. The first-order valence-corrected chi connectivity index (χ1v) is 13.1. The number of benzene rings is 2. The van der Waals surface area contributed by atoms with Crippen LogP contribution < -0.4 is 16.0 Å². The van der Waals surface area contributed by atoms with Crippen molar-refractivity contribution >= 4 is 17.8 Å². The molecule has 0 N–H and O–H groups in total. The van der Waals surface area contributed by atoms with Crippen LogP contribution in [0.5, 0.6) is 5.75 Å². The zero-order valence-electron chi connectivity index (χ0n) is 23.1. The van der Waals surface area contributed by atoms with Crippen LogP contribution in [0.25, 0.3) is 12.2 Å². The molecule has 44 heavy (non-hydrogen) atoms. The number of methoxy groups -OCH3 is 1. The molecule has 0 saturated heterocycles. The predicted octanol–water partition coefficient (Wildman–Crippen LogP) is 5.05. The molecule has 3 aromatic heterocycles. The summed E-state index contributed by atoms with van der Waals surface area (Å²) in [5, 5.41) is 16.3. The van der Waals surface area contributed by atoms with E-state index in [1.165, 1.54) is 67.1 Å². The molecule has 0 aliphatic rings. The van der Waals surface area contributed by atoms with Crippen LogP contribution in [-0.4, -0.2) is 30.9 Å². The molecule has 0 bridgehead atoms. The highest BCUT2D eigenvalue weighted by atomic mass is 19.4. The second-order valence-electron chi connectivity index (χ2n) is 9.69. The zero-order valence-corrected chi connectivity index (χ0v) is 23.1. The summed E-state index contributed by atoms with van der Waals surface area (Å²) in [6, 6.07) is 13.2. The molecule has 0 amide bonds. The molecular weight excluding hydrogens is 583 g/mol. The Morgan fingerprint density at radius 1 is 0.977 bits per heavy atom. The Balaban J connectivity index is 1.55. The van der Waals surface area contributed by atoms with E-state index in [2.05, 4.69) is 5.10 Å². The normalized spacial score (nSPS) is 11.7. The van der Waals surface area contributed by atoms with Crippen molar-refractivity contribution in [2.45, 2.75) is 25.8 Å². The number of nitrogens with zero attached hydrogens (tertiary/aromatic N) is 5. The minimum atomic E-state index is -4.54. The Bertz CT molecular complexity index is 1940. The van der Waals surface area contributed by atoms with Crippen molar-refractivity contribution in [3.05, 3.63) is 144 Å². The number of hydrogen-bond donors (Lipinski definition) is 0. The fourth-order valence-corrected chi connectivity index (χ4v) is 4.65. The minimum Gasteiger partial charge on any atom is -0.497 e. The summed E-state index contributed by atoms with van der Waals surface area (Å²) in [5.41, 5.74) is -2.36. The van der Waals surface area contributed by atoms with Gasteiger partial charge in [0, 0.05) is 17.3 Å². The molecule has 0 radical (unpaired) electrons. The van der Waals surface area contributed by atoms with Gasteiger partial charge in [-0.15, -0.1) is 0 Å². The van der Waals surface area contributed by atoms with Gasteiger partial charge in [0.25, 0.3) is 0 Å². The number of hydrogen-bond acceptors (Lipinski definition) is 7. The highest BCUT2D eigenvalue weighted by Crippen LogP contribution is 2.32. The monoisotopic (exact) mass is 607 g/mol. The predicted molar refractivity (Wildman–Crippen MR) is 153 cm³/mol. The van der Waals surface area contributed by atoms with Crippen LogP contribution in [0.4, 0.5) is 18.9 Å². The van der Waals surface area contributed by atoms with Crippen LogP contribution in [0.2, 0.25) is 0 Å². The molecule has 5 aromatic rings. The van der Waals surface area contributed by atoms with Crippen LogP contribution in [0.3, 0.4) is 0 Å². The second kappa shape index (κ2) is 12.3. The Kier molecular flexibility index (Phi) is 8.33. The van der Waals surface area contributed by atoms with Crippen molar-refractivity contribution in [1.82, 2.24) is 18.9 Å². The summed E-state index contributed by atoms with van der Waals surface area (Å²) < 4.78 is 53.7. The Morgan fingerprint density at radius 2 is 1.70 bits per heavy atom. The first-order chi connectivity index (χ1) is 21.0. The number of aromatic nitrogens is 4. The lowest BCUT2D eigenvalue weighted by molar-refractivity contribution is -0.387. The second-order valence-corrected chi connectivity index (χ2v) is 9.69. The molecule has 0 aliphatic heterocycles. The summed E-state index contributed by atoms with van der Waals surface area (Å²) in [7, 11) is 1.49. The van der Waals surface area contributed by atoms with E-state index in [1.54, 1.807) is 30.3 Å². The fourth-order valence-electron chi connectivity index (χ4n) is 4.65. The zero-order chi connectivity index (χ0) is 31.4. The maximum absolute atomic E-state index is 13.7. The summed E-state index contributed by atoms with van der Waals surface area (Å²) in [6.45, 7) is -0.563. The van der Waals surface area contributed by atoms with Crippen LogP contribution >= 0.6 is 0 Å². The van der Waals surface area contributed by atoms with Crippen molar-refractivity contribution in [3.8, 4) is 5.75 Å². The Labute approximate surface area is 246 Å². The number of alkyl halides is 3. The highest BCUT2D eigenvalue weighted by molar-refractivity contribution is 5.71. The van der Waals surface area contributed by atoms with Gasteiger partial charge in [-0.2, -0.15) is 18.3 Å². The molecule has 0 fully saturated rings. The smallest absolute Gasteiger partial charge is 0.416 e. The Morgan fingerprint density at radius 3 is 2.36 bits per heavy atom. The van der Waals surface area contributed by atoms with Gasteiger partial charge in [-0.3, -0.25) is 24.2 Å². The molecule has 0 atom stereocenters. The summed E-state index contributed by atoms with van der Waals surface area (Å²) in [6.07, 6.45) is 3.62. The quantitative estimate of drug-likeness (QED) is 0.161. The van der Waals surface area contributed by atoms with Crippen molar-refractivity contribution in [2.24, 2.45) is 0 Å². The molecule has 11 nitrogen and oxygen atoms in total. The average Bonchev–Trinajstić information content (AvgIpc) is 3.68. The number of rotatable bonds is 10. The molecule has 226 valence electrons. The molecule has 0 unspecified atom stereocenters. The minimum absolute atomic E-state index is 0.00342. The van der Waals surface area contributed by atoms with E-state index in [9.17, 15) is 32.9 Å². The summed E-state index contributed by atoms with van der Waals surface area (Å²) >= 11 is 0. The fraction of sp³-hybridized carbons (Fsp3) is 0.167. The lowest BCUT2D eigenvalue weighted by Crippen LogP contribution is -2.42. The average molecular weight is 608 g/mol. The van der Waals surface area contributed by atoms with Gasteiger partial charge in [-0.25, -0.2) is 9.36 Å². The third-order valence-corrected chi connectivity index (χ3v) is 6.79. The van der Waals surface area contributed by atoms with E-state index in [1.807, 2.05) is 0 Å². The van der Waals surface area contributed by atoms with Gasteiger partial charge in [0.05, 0.1) is 56.0 Å². The standard InChI is InChI=1S/C30H24F3N5O6/c1-43-24-9-6-20(7-10-24)16-37-28(39)27(38(41)42)26(36(29(37)40)17-22-12-13-44-19-22)11-8-21-14-34-35(15-21)18-23-4-2-3-5-25(23)30(31,32)33/h2-15,19H,16-18H2,1H3/b11-8+. The summed E-state index contributed by atoms with van der Waals surface area (Å²) in [5.74, 6) is 0.554. The van der Waals surface area contributed by atoms with Crippen LogP contribution in [0, 0.1) is 10.1 Å². The lowest BCUT2D eigenvalue weighted by Gasteiger charge is -2.14. The lowest BCUT2D eigenvalue weighted by atomic mass is 10.1. The number of furan rings is 1. The number of ether oxygens (including phenoxy) is 1. The third-order valence-electron chi connectivity index (χ3n) is 6.79. The highest BCUT2D eigenvalue weighted by Gasteiger charge is 2.33. The van der Waals surface area contributed by atoms with E-state index in [4.69, 9.17) is 9.15 Å². The third kappa shape index (κ3) is 6.38. The molecule has 14 heteroatoms. The van der Waals surface area contributed by atoms with Crippen molar-refractivity contribution in [1.29, 1.82) is 0 Å². The SMILES string of the molecule is COc1ccc(Cn2c(=O)c([N+](=O)[O-])c(/C=C/c3cnn(Cc4ccccc4C(F)(F)F)c3)n(Cc3ccoc3)c2=O)cc1. The van der Waals surface area contributed by atoms with Gasteiger partial charge in [-0.05, 0) is 47.5 Å². The van der Waals surface area contributed by atoms with Crippen molar-refractivity contribution in [3.63, 3.8) is 0 Å². The van der Waals surface area contributed by atoms with Gasteiger partial charge in [0.15, 0.2) is 0 Å². The van der Waals surface area contributed by atoms with Crippen LogP contribution in [0.15, 0.2) is 93.5 Å². The van der Waals surface area contributed by atoms with Crippen molar-refractivity contribution < 1.29 is 27.2 Å². The van der Waals surface area contributed by atoms with E-state index in [-0.39, 0.29) is 30.9 Å². The van der Waals surface area contributed by atoms with E-state index in [0.717, 1.165) is 15.2 Å². The molecule has 0 saturated carbocycles. The maximum Gasteiger partial charge on any atom is 0.416 e. The Hall–Kier alpha value is -5.66. The first-order valence-electron chi connectivity index (χ1n) is 13.1. The largest absolute Gasteiger partial charge is 0.497 e. The summed E-state index contributed by atoms with van der Waals surface area (Å²) in [4.78, 5) is 38.4. The molecular formula is C30H24F3N5O6. The van der Waals surface area contributed by atoms with Gasteiger partial charge >= 0.3 is 23.1 Å². The number of halogens is 3. The van der Waals surface area contributed by atoms with E-state index >= 15 is 0 Å². The van der Waals surface area contributed by atoms with Crippen LogP contribution in [0.1, 0.15) is 33.5 Å². The molecule has 5 rings (SSSR count). The molecule has 2 aromatic carbocycles.